The van der Waals surface area contributed by atoms with Gasteiger partial charge in [0.2, 0.25) is 11.4 Å². The predicted octanol–water partition coefficient (Wildman–Crippen LogP) is 6.81. The lowest BCUT2D eigenvalue weighted by atomic mass is 9.58. The van der Waals surface area contributed by atoms with Crippen LogP contribution < -0.4 is 9.13 Å². The van der Waals surface area contributed by atoms with E-state index in [1.54, 1.807) is 0 Å². The first-order valence-electron chi connectivity index (χ1n) is 14.2. The Balaban J connectivity index is 1.51. The van der Waals surface area contributed by atoms with Gasteiger partial charge in [-0.15, -0.1) is 9.13 Å². The summed E-state index contributed by atoms with van der Waals surface area (Å²) in [5.74, 6) is 0. The molecule has 0 fully saturated rings. The van der Waals surface area contributed by atoms with Crippen LogP contribution in [0.1, 0.15) is 44.5 Å². The van der Waals surface area contributed by atoms with Gasteiger partial charge in [-0.25, -0.2) is 0 Å². The molecule has 2 heteroatoms. The molecule has 0 saturated carbocycles. The summed E-state index contributed by atoms with van der Waals surface area (Å²) in [5.41, 5.74) is 18.1. The summed E-state index contributed by atoms with van der Waals surface area (Å²) >= 11 is 0. The molecule has 0 atom stereocenters. The monoisotopic (exact) mass is 510 g/mol. The Kier molecular flexibility index (Phi) is 3.50. The molecule has 2 aliphatic heterocycles. The molecule has 4 heterocycles. The van der Waals surface area contributed by atoms with Crippen molar-refractivity contribution in [3.05, 3.63) is 166 Å². The van der Waals surface area contributed by atoms with Crippen molar-refractivity contribution >= 4 is 0 Å². The SMILES string of the molecule is Cc1cc[n+]2c(c1)-c1cccc3c1C21c2c(cccc2C32c3ccccc3-c3ccccc32)-c2cc(C)cc[n+]21. The molecule has 2 spiro atoms. The number of hydrogen-bond donors (Lipinski definition) is 0. The second-order valence-electron chi connectivity index (χ2n) is 11.9. The van der Waals surface area contributed by atoms with Crippen LogP contribution >= 0.6 is 0 Å². The lowest BCUT2D eigenvalue weighted by molar-refractivity contribution is -0.955. The van der Waals surface area contributed by atoms with Gasteiger partial charge in [-0.1, -0.05) is 72.8 Å². The topological polar surface area (TPSA) is 7.76 Å². The first-order chi connectivity index (χ1) is 19.7. The van der Waals surface area contributed by atoms with Crippen molar-refractivity contribution in [2.45, 2.75) is 24.9 Å². The molecule has 6 aromatic rings. The minimum absolute atomic E-state index is 0.386. The Labute approximate surface area is 233 Å². The molecule has 4 aromatic carbocycles. The first kappa shape index (κ1) is 21.1. The van der Waals surface area contributed by atoms with Crippen LogP contribution in [0.15, 0.2) is 122 Å². The normalized spacial score (nSPS) is 16.1. The lowest BCUT2D eigenvalue weighted by Gasteiger charge is -2.41. The van der Waals surface area contributed by atoms with Crippen molar-refractivity contribution < 1.29 is 9.13 Å². The summed E-state index contributed by atoms with van der Waals surface area (Å²) in [6.45, 7) is 4.41. The number of nitrogens with zero attached hydrogens (tertiary/aromatic N) is 2. The lowest BCUT2D eigenvalue weighted by Crippen LogP contribution is -2.73. The second-order valence-corrected chi connectivity index (χ2v) is 11.9. The van der Waals surface area contributed by atoms with E-state index in [0.717, 1.165) is 0 Å². The fourth-order valence-electron chi connectivity index (χ4n) is 8.78. The molecule has 186 valence electrons. The zero-order valence-corrected chi connectivity index (χ0v) is 22.4. The van der Waals surface area contributed by atoms with Crippen LogP contribution in [-0.4, -0.2) is 0 Å². The fraction of sp³-hybridized carbons (Fsp3) is 0.105. The molecule has 0 N–H and O–H groups in total. The van der Waals surface area contributed by atoms with E-state index in [1.165, 1.54) is 78.1 Å². The highest BCUT2D eigenvalue weighted by Gasteiger charge is 2.73. The Morgan fingerprint density at radius 3 is 1.38 bits per heavy atom. The molecule has 40 heavy (non-hydrogen) atoms. The van der Waals surface area contributed by atoms with Crippen molar-refractivity contribution in [1.29, 1.82) is 0 Å². The van der Waals surface area contributed by atoms with Crippen molar-refractivity contribution in [1.82, 2.24) is 0 Å². The van der Waals surface area contributed by atoms with Crippen LogP contribution in [0.25, 0.3) is 33.6 Å². The zero-order valence-electron chi connectivity index (χ0n) is 22.4. The van der Waals surface area contributed by atoms with E-state index in [1.807, 2.05) is 0 Å². The highest BCUT2D eigenvalue weighted by atomic mass is 15.3. The summed E-state index contributed by atoms with van der Waals surface area (Å²) < 4.78 is 5.11. The second kappa shape index (κ2) is 6.66. The number of pyridine rings is 2. The largest absolute Gasteiger partial charge is 0.418 e. The van der Waals surface area contributed by atoms with E-state index in [-0.39, 0.29) is 5.41 Å². The van der Waals surface area contributed by atoms with Crippen LogP contribution in [0, 0.1) is 13.8 Å². The van der Waals surface area contributed by atoms with Crippen molar-refractivity contribution in [2.24, 2.45) is 0 Å². The molecule has 2 aromatic heterocycles. The van der Waals surface area contributed by atoms with Crippen LogP contribution in [-0.2, 0) is 11.1 Å². The van der Waals surface area contributed by atoms with Crippen LogP contribution in [0.4, 0.5) is 0 Å². The molecule has 0 radical (unpaired) electrons. The molecular formula is C38H26N2+2. The number of aryl methyl sites for hydroxylation is 2. The number of rotatable bonds is 0. The maximum atomic E-state index is 2.56. The van der Waals surface area contributed by atoms with E-state index < -0.39 is 5.66 Å². The molecule has 0 amide bonds. The summed E-state index contributed by atoms with van der Waals surface area (Å²) in [6.07, 6.45) is 4.65. The maximum Gasteiger partial charge on any atom is 0.418 e. The molecule has 0 unspecified atom stereocenters. The fourth-order valence-corrected chi connectivity index (χ4v) is 8.78. The summed E-state index contributed by atoms with van der Waals surface area (Å²) in [4.78, 5) is 0. The van der Waals surface area contributed by atoms with Gasteiger partial charge in [0.15, 0.2) is 12.4 Å². The van der Waals surface area contributed by atoms with Crippen LogP contribution in [0.2, 0.25) is 0 Å². The van der Waals surface area contributed by atoms with Gasteiger partial charge >= 0.3 is 5.66 Å². The standard InChI is InChI=1S/C38H26N2/c1-23-17-19-39-33(21-23)27-11-7-15-31-35(27)38(39)36-28(34-22-24(2)18-20-40(34)38)12-8-16-32(36)37(31)29-13-5-3-9-25(29)26-10-4-6-14-30(26)37/h3-22H,1-2H3/q+2. The van der Waals surface area contributed by atoms with Gasteiger partial charge in [0, 0.05) is 24.3 Å². The van der Waals surface area contributed by atoms with Gasteiger partial charge in [-0.3, -0.25) is 0 Å². The molecule has 4 aliphatic rings. The minimum atomic E-state index is -0.471. The van der Waals surface area contributed by atoms with E-state index in [0.29, 0.717) is 0 Å². The van der Waals surface area contributed by atoms with E-state index >= 15 is 0 Å². The third kappa shape index (κ3) is 2.00. The Hall–Kier alpha value is -4.82. The van der Waals surface area contributed by atoms with E-state index in [2.05, 4.69) is 145 Å². The molecule has 0 saturated heterocycles. The quantitative estimate of drug-likeness (QED) is 0.198. The first-order valence-corrected chi connectivity index (χ1v) is 14.2. The third-order valence-electron chi connectivity index (χ3n) is 10.1. The van der Waals surface area contributed by atoms with Gasteiger partial charge < -0.3 is 0 Å². The third-order valence-corrected chi connectivity index (χ3v) is 10.1. The van der Waals surface area contributed by atoms with E-state index in [4.69, 9.17) is 0 Å². The van der Waals surface area contributed by atoms with Crippen molar-refractivity contribution in [3.63, 3.8) is 0 Å². The molecule has 2 nitrogen and oxygen atoms in total. The average Bonchev–Trinajstić information content (AvgIpc) is 3.56. The Morgan fingerprint density at radius 1 is 0.450 bits per heavy atom. The van der Waals surface area contributed by atoms with E-state index in [9.17, 15) is 0 Å². The van der Waals surface area contributed by atoms with Crippen molar-refractivity contribution in [2.75, 3.05) is 0 Å². The smallest absolute Gasteiger partial charge is 0.125 e. The van der Waals surface area contributed by atoms with Gasteiger partial charge in [0.05, 0.1) is 16.5 Å². The Bertz CT molecular complexity index is 2000. The summed E-state index contributed by atoms with van der Waals surface area (Å²) in [6, 6.07) is 41.6. The van der Waals surface area contributed by atoms with Crippen molar-refractivity contribution in [3.8, 4) is 33.6 Å². The molecule has 2 aliphatic carbocycles. The Morgan fingerprint density at radius 2 is 0.875 bits per heavy atom. The van der Waals surface area contributed by atoms with Crippen LogP contribution in [0.3, 0.4) is 0 Å². The summed E-state index contributed by atoms with van der Waals surface area (Å²) in [5, 5.41) is 0. The van der Waals surface area contributed by atoms with Gasteiger partial charge in [0.1, 0.15) is 11.1 Å². The highest BCUT2D eigenvalue weighted by molar-refractivity contribution is 5.91. The number of benzene rings is 4. The van der Waals surface area contributed by atoms with Gasteiger partial charge in [-0.05, 0) is 70.5 Å². The van der Waals surface area contributed by atoms with Gasteiger partial charge in [0.25, 0.3) is 0 Å². The number of fused-ring (bicyclic) bond motifs is 11. The summed E-state index contributed by atoms with van der Waals surface area (Å²) in [7, 11) is 0. The molecule has 0 bridgehead atoms. The average molecular weight is 511 g/mol. The van der Waals surface area contributed by atoms with Gasteiger partial charge in [-0.2, -0.15) is 0 Å². The van der Waals surface area contributed by atoms with Crippen LogP contribution in [0.5, 0.6) is 0 Å². The maximum absolute atomic E-state index is 2.56. The minimum Gasteiger partial charge on any atom is -0.125 e. The highest BCUT2D eigenvalue weighted by Crippen LogP contribution is 2.65. The molecular weight excluding hydrogens is 484 g/mol. The predicted molar refractivity (Wildman–Crippen MR) is 156 cm³/mol. The zero-order chi connectivity index (χ0) is 26.4. The number of aromatic nitrogens is 2. The molecule has 10 rings (SSSR count). The number of hydrogen-bond acceptors (Lipinski definition) is 0.